The molecular formula is C11H9F3N2O. The number of terminal acetylenes is 1. The predicted molar refractivity (Wildman–Crippen MR) is 56.6 cm³/mol. The van der Waals surface area contributed by atoms with Crippen LogP contribution < -0.4 is 10.6 Å². The highest BCUT2D eigenvalue weighted by Gasteiger charge is 2.13. The maximum atomic E-state index is 13.1. The first-order valence-electron chi connectivity index (χ1n) is 4.63. The van der Waals surface area contributed by atoms with E-state index in [2.05, 4.69) is 11.2 Å². The normalized spacial score (nSPS) is 9.76. The van der Waals surface area contributed by atoms with E-state index in [1.54, 1.807) is 0 Å². The van der Waals surface area contributed by atoms with E-state index in [0.717, 1.165) is 0 Å². The summed E-state index contributed by atoms with van der Waals surface area (Å²) in [5, 5.41) is 4.57. The van der Waals surface area contributed by atoms with Gasteiger partial charge in [0, 0.05) is 12.1 Å². The SMILES string of the molecule is C#CCNCC(=O)Nc1cc(F)cc(F)c1F. The van der Waals surface area contributed by atoms with Gasteiger partial charge in [-0.05, 0) is 0 Å². The first kappa shape index (κ1) is 13.1. The van der Waals surface area contributed by atoms with Gasteiger partial charge in [-0.15, -0.1) is 6.42 Å². The first-order chi connectivity index (χ1) is 8.04. The van der Waals surface area contributed by atoms with Gasteiger partial charge in [0.15, 0.2) is 11.6 Å². The lowest BCUT2D eigenvalue weighted by Crippen LogP contribution is -2.28. The summed E-state index contributed by atoms with van der Waals surface area (Å²) in [6, 6.07) is 1.08. The van der Waals surface area contributed by atoms with Crippen LogP contribution >= 0.6 is 0 Å². The second-order valence-electron chi connectivity index (χ2n) is 3.11. The topological polar surface area (TPSA) is 41.1 Å². The van der Waals surface area contributed by atoms with E-state index >= 15 is 0 Å². The zero-order chi connectivity index (χ0) is 12.8. The van der Waals surface area contributed by atoms with Gasteiger partial charge in [0.2, 0.25) is 5.91 Å². The van der Waals surface area contributed by atoms with Gasteiger partial charge < -0.3 is 5.32 Å². The molecule has 0 bridgehead atoms. The van der Waals surface area contributed by atoms with Crippen LogP contribution in [0.2, 0.25) is 0 Å². The molecule has 0 aliphatic heterocycles. The van der Waals surface area contributed by atoms with Gasteiger partial charge in [0.25, 0.3) is 0 Å². The Bertz CT molecular complexity index is 469. The van der Waals surface area contributed by atoms with Crippen LogP contribution in [0.3, 0.4) is 0 Å². The minimum atomic E-state index is -1.36. The molecule has 1 aromatic carbocycles. The summed E-state index contributed by atoms with van der Waals surface area (Å²) in [7, 11) is 0. The molecule has 90 valence electrons. The number of nitrogens with one attached hydrogen (secondary N) is 2. The number of rotatable bonds is 4. The fourth-order valence-electron chi connectivity index (χ4n) is 1.09. The monoisotopic (exact) mass is 242 g/mol. The Kier molecular flexibility index (Phi) is 4.55. The van der Waals surface area contributed by atoms with Crippen LogP contribution in [0, 0.1) is 29.8 Å². The summed E-state index contributed by atoms with van der Waals surface area (Å²) >= 11 is 0. The fourth-order valence-corrected chi connectivity index (χ4v) is 1.09. The number of hydrogen-bond acceptors (Lipinski definition) is 2. The number of amides is 1. The highest BCUT2D eigenvalue weighted by Crippen LogP contribution is 2.18. The maximum absolute atomic E-state index is 13.1. The second kappa shape index (κ2) is 5.92. The van der Waals surface area contributed by atoms with Gasteiger partial charge in [0.05, 0.1) is 18.8 Å². The third kappa shape index (κ3) is 3.81. The zero-order valence-corrected chi connectivity index (χ0v) is 8.69. The van der Waals surface area contributed by atoms with E-state index in [4.69, 9.17) is 6.42 Å². The van der Waals surface area contributed by atoms with Gasteiger partial charge in [-0.3, -0.25) is 10.1 Å². The van der Waals surface area contributed by atoms with Crippen molar-refractivity contribution >= 4 is 11.6 Å². The van der Waals surface area contributed by atoms with Crippen molar-refractivity contribution in [3.05, 3.63) is 29.6 Å². The quantitative estimate of drug-likeness (QED) is 0.474. The van der Waals surface area contributed by atoms with E-state index in [1.165, 1.54) is 0 Å². The lowest BCUT2D eigenvalue weighted by atomic mass is 10.2. The molecule has 0 spiro atoms. The number of carbonyl (C=O) groups is 1. The van der Waals surface area contributed by atoms with Crippen molar-refractivity contribution in [2.75, 3.05) is 18.4 Å². The number of carbonyl (C=O) groups excluding carboxylic acids is 1. The summed E-state index contributed by atoms with van der Waals surface area (Å²) in [5.74, 6) is -2.07. The van der Waals surface area contributed by atoms with E-state index in [9.17, 15) is 18.0 Å². The minimum Gasteiger partial charge on any atom is -0.322 e. The van der Waals surface area contributed by atoms with Crippen LogP contribution in [0.1, 0.15) is 0 Å². The lowest BCUT2D eigenvalue weighted by molar-refractivity contribution is -0.115. The van der Waals surface area contributed by atoms with E-state index < -0.39 is 29.0 Å². The lowest BCUT2D eigenvalue weighted by Gasteiger charge is -2.07. The highest BCUT2D eigenvalue weighted by atomic mass is 19.2. The van der Waals surface area contributed by atoms with Crippen LogP contribution in [-0.2, 0) is 4.79 Å². The predicted octanol–water partition coefficient (Wildman–Crippen LogP) is 1.27. The van der Waals surface area contributed by atoms with Crippen molar-refractivity contribution in [2.45, 2.75) is 0 Å². The molecule has 0 atom stereocenters. The molecule has 17 heavy (non-hydrogen) atoms. The number of hydrogen-bond donors (Lipinski definition) is 2. The summed E-state index contributed by atoms with van der Waals surface area (Å²) in [5.41, 5.74) is -0.546. The van der Waals surface area contributed by atoms with Crippen LogP contribution in [0.4, 0.5) is 18.9 Å². The molecular weight excluding hydrogens is 233 g/mol. The van der Waals surface area contributed by atoms with Gasteiger partial charge >= 0.3 is 0 Å². The van der Waals surface area contributed by atoms with Crippen LogP contribution in [0.15, 0.2) is 12.1 Å². The molecule has 0 aliphatic carbocycles. The Balaban J connectivity index is 2.69. The first-order valence-corrected chi connectivity index (χ1v) is 4.63. The molecule has 0 unspecified atom stereocenters. The van der Waals surface area contributed by atoms with Crippen molar-refractivity contribution in [3.63, 3.8) is 0 Å². The molecule has 1 amide bonds. The van der Waals surface area contributed by atoms with Gasteiger partial charge in [-0.1, -0.05) is 5.92 Å². The van der Waals surface area contributed by atoms with E-state index in [0.29, 0.717) is 12.1 Å². The molecule has 1 aromatic rings. The Labute approximate surface area is 96.0 Å². The Morgan fingerprint density at radius 3 is 2.71 bits per heavy atom. The van der Waals surface area contributed by atoms with Gasteiger partial charge in [0.1, 0.15) is 5.82 Å². The van der Waals surface area contributed by atoms with E-state index in [1.807, 2.05) is 5.32 Å². The molecule has 0 fully saturated rings. The van der Waals surface area contributed by atoms with Crippen LogP contribution in [0.5, 0.6) is 0 Å². The molecule has 0 aliphatic rings. The third-order valence-electron chi connectivity index (χ3n) is 1.78. The largest absolute Gasteiger partial charge is 0.322 e. The molecule has 3 nitrogen and oxygen atoms in total. The van der Waals surface area contributed by atoms with Gasteiger partial charge in [-0.25, -0.2) is 13.2 Å². The fraction of sp³-hybridized carbons (Fsp3) is 0.182. The van der Waals surface area contributed by atoms with Crippen molar-refractivity contribution in [2.24, 2.45) is 0 Å². The Morgan fingerprint density at radius 1 is 1.35 bits per heavy atom. The van der Waals surface area contributed by atoms with E-state index in [-0.39, 0.29) is 13.1 Å². The molecule has 0 saturated heterocycles. The van der Waals surface area contributed by atoms with Crippen molar-refractivity contribution in [1.82, 2.24) is 5.32 Å². The molecule has 0 radical (unpaired) electrons. The Hall–Kier alpha value is -2.00. The second-order valence-corrected chi connectivity index (χ2v) is 3.11. The van der Waals surface area contributed by atoms with Crippen LogP contribution in [-0.4, -0.2) is 19.0 Å². The van der Waals surface area contributed by atoms with Gasteiger partial charge in [-0.2, -0.15) is 0 Å². The third-order valence-corrected chi connectivity index (χ3v) is 1.78. The standard InChI is InChI=1S/C11H9F3N2O/c1-2-3-15-6-10(17)16-9-5-7(12)4-8(13)11(9)14/h1,4-5,15H,3,6H2,(H,16,17). The average molecular weight is 242 g/mol. The molecule has 1 rings (SSSR count). The zero-order valence-electron chi connectivity index (χ0n) is 8.69. The summed E-state index contributed by atoms with van der Waals surface area (Å²) in [6.45, 7) is -0.0187. The number of benzene rings is 1. The number of anilines is 1. The van der Waals surface area contributed by atoms with Crippen molar-refractivity contribution in [1.29, 1.82) is 0 Å². The summed E-state index contributed by atoms with van der Waals surface area (Å²) in [6.07, 6.45) is 4.93. The molecule has 6 heteroatoms. The Morgan fingerprint density at radius 2 is 2.06 bits per heavy atom. The minimum absolute atomic E-state index is 0.160. The highest BCUT2D eigenvalue weighted by molar-refractivity contribution is 5.92. The smallest absolute Gasteiger partial charge is 0.238 e. The summed E-state index contributed by atoms with van der Waals surface area (Å²) < 4.78 is 38.7. The molecule has 2 N–H and O–H groups in total. The molecule has 0 saturated carbocycles. The average Bonchev–Trinajstić information content (AvgIpc) is 2.25. The maximum Gasteiger partial charge on any atom is 0.238 e. The molecule has 0 heterocycles. The molecule has 0 aromatic heterocycles. The van der Waals surface area contributed by atoms with Crippen molar-refractivity contribution in [3.8, 4) is 12.3 Å². The van der Waals surface area contributed by atoms with Crippen LogP contribution in [0.25, 0.3) is 0 Å². The van der Waals surface area contributed by atoms with Crippen molar-refractivity contribution < 1.29 is 18.0 Å². The summed E-state index contributed by atoms with van der Waals surface area (Å²) in [4.78, 5) is 11.2. The number of halogens is 3.